The zero-order valence-corrected chi connectivity index (χ0v) is 9.89. The van der Waals surface area contributed by atoms with Crippen molar-refractivity contribution in [2.24, 2.45) is 0 Å². The van der Waals surface area contributed by atoms with E-state index < -0.39 is 0 Å². The Morgan fingerprint density at radius 1 is 1.44 bits per heavy atom. The molecule has 4 nitrogen and oxygen atoms in total. The van der Waals surface area contributed by atoms with E-state index >= 15 is 0 Å². The summed E-state index contributed by atoms with van der Waals surface area (Å²) in [5, 5.41) is 8.98. The van der Waals surface area contributed by atoms with Crippen molar-refractivity contribution in [3.05, 3.63) is 24.0 Å². The Morgan fingerprint density at radius 3 is 2.88 bits per heavy atom. The van der Waals surface area contributed by atoms with Crippen LogP contribution in [0.4, 0.5) is 5.69 Å². The Balaban J connectivity index is 2.52. The molecule has 0 atom stereocenters. The molecule has 1 aromatic rings. The van der Waals surface area contributed by atoms with Crippen molar-refractivity contribution in [1.29, 1.82) is 0 Å². The van der Waals surface area contributed by atoms with Gasteiger partial charge in [0, 0.05) is 25.0 Å². The summed E-state index contributed by atoms with van der Waals surface area (Å²) in [5.74, 6) is 0. The van der Waals surface area contributed by atoms with Crippen molar-refractivity contribution in [3.8, 4) is 0 Å². The molecule has 1 rings (SSSR count). The fourth-order valence-electron chi connectivity index (χ4n) is 1.61. The average molecular weight is 223 g/mol. The highest BCUT2D eigenvalue weighted by atomic mass is 16.3. The maximum atomic E-state index is 8.98. The van der Waals surface area contributed by atoms with Crippen LogP contribution in [-0.4, -0.2) is 34.7 Å². The molecule has 0 aliphatic heterocycles. The van der Waals surface area contributed by atoms with Crippen molar-refractivity contribution in [1.82, 2.24) is 9.88 Å². The number of unbranched alkanes of at least 4 members (excludes halogenated alkanes) is 1. The third-order valence-electron chi connectivity index (χ3n) is 2.47. The summed E-state index contributed by atoms with van der Waals surface area (Å²) in [6.45, 7) is 4.79. The van der Waals surface area contributed by atoms with E-state index in [4.69, 9.17) is 10.8 Å². The van der Waals surface area contributed by atoms with Crippen LogP contribution < -0.4 is 5.73 Å². The van der Waals surface area contributed by atoms with Gasteiger partial charge in [0.25, 0.3) is 0 Å². The van der Waals surface area contributed by atoms with E-state index in [2.05, 4.69) is 16.8 Å². The third kappa shape index (κ3) is 4.59. The predicted octanol–water partition coefficient (Wildman–Crippen LogP) is 1.26. The summed E-state index contributed by atoms with van der Waals surface area (Å²) in [4.78, 5) is 6.47. The highest BCUT2D eigenvalue weighted by Crippen LogP contribution is 2.07. The van der Waals surface area contributed by atoms with Crippen molar-refractivity contribution in [3.63, 3.8) is 0 Å². The summed E-state index contributed by atoms with van der Waals surface area (Å²) in [6, 6.07) is 3.67. The lowest BCUT2D eigenvalue weighted by Crippen LogP contribution is -2.28. The molecule has 0 amide bonds. The number of nitrogen functional groups attached to an aromatic ring is 1. The highest BCUT2D eigenvalue weighted by Gasteiger charge is 2.05. The zero-order valence-electron chi connectivity index (χ0n) is 9.89. The van der Waals surface area contributed by atoms with E-state index in [1.165, 1.54) is 0 Å². The fraction of sp³-hybridized carbons (Fsp3) is 0.583. The summed E-state index contributed by atoms with van der Waals surface area (Å²) >= 11 is 0. The second-order valence-electron chi connectivity index (χ2n) is 3.93. The molecule has 16 heavy (non-hydrogen) atoms. The van der Waals surface area contributed by atoms with Gasteiger partial charge in [-0.25, -0.2) is 0 Å². The average Bonchev–Trinajstić information content (AvgIpc) is 2.26. The number of aliphatic hydroxyl groups is 1. The number of aromatic nitrogens is 1. The normalized spacial score (nSPS) is 10.9. The molecule has 4 heteroatoms. The number of pyridine rings is 1. The van der Waals surface area contributed by atoms with E-state index in [1.807, 2.05) is 6.07 Å². The Kier molecular flexibility index (Phi) is 5.82. The van der Waals surface area contributed by atoms with Gasteiger partial charge in [-0.15, -0.1) is 0 Å². The van der Waals surface area contributed by atoms with Gasteiger partial charge in [0.1, 0.15) is 0 Å². The van der Waals surface area contributed by atoms with Crippen molar-refractivity contribution >= 4 is 5.69 Å². The van der Waals surface area contributed by atoms with Crippen LogP contribution in [0.2, 0.25) is 0 Å². The predicted molar refractivity (Wildman–Crippen MR) is 65.9 cm³/mol. The Hall–Kier alpha value is -1.13. The first-order valence-corrected chi connectivity index (χ1v) is 5.80. The number of anilines is 1. The van der Waals surface area contributed by atoms with Gasteiger partial charge in [-0.3, -0.25) is 9.88 Å². The first kappa shape index (κ1) is 12.9. The molecule has 0 radical (unpaired) electrons. The molecule has 0 aliphatic rings. The maximum Gasteiger partial charge on any atom is 0.0564 e. The van der Waals surface area contributed by atoms with Gasteiger partial charge < -0.3 is 10.8 Å². The molecular weight excluding hydrogens is 202 g/mol. The molecule has 0 fully saturated rings. The van der Waals surface area contributed by atoms with Crippen LogP contribution in [0.25, 0.3) is 0 Å². The number of aliphatic hydroxyl groups excluding tert-OH is 1. The minimum Gasteiger partial charge on any atom is -0.399 e. The van der Waals surface area contributed by atoms with Crippen LogP contribution in [0.3, 0.4) is 0 Å². The number of nitrogens with two attached hydrogens (primary N) is 1. The van der Waals surface area contributed by atoms with Crippen LogP contribution in [-0.2, 0) is 6.54 Å². The molecule has 3 N–H and O–H groups in total. The molecule has 0 saturated carbocycles. The highest BCUT2D eigenvalue weighted by molar-refractivity contribution is 5.37. The minimum atomic E-state index is 0.187. The Labute approximate surface area is 97.1 Å². The minimum absolute atomic E-state index is 0.187. The monoisotopic (exact) mass is 223 g/mol. The van der Waals surface area contributed by atoms with Gasteiger partial charge in [0.2, 0.25) is 0 Å². The van der Waals surface area contributed by atoms with Crippen molar-refractivity contribution in [2.45, 2.75) is 26.3 Å². The summed E-state index contributed by atoms with van der Waals surface area (Å²) in [5.41, 5.74) is 7.40. The van der Waals surface area contributed by atoms with Crippen LogP contribution >= 0.6 is 0 Å². The first-order valence-electron chi connectivity index (χ1n) is 5.80. The first-order chi connectivity index (χ1) is 7.76. The molecule has 0 unspecified atom stereocenters. The third-order valence-corrected chi connectivity index (χ3v) is 2.47. The van der Waals surface area contributed by atoms with Gasteiger partial charge in [0.15, 0.2) is 0 Å². The molecule has 1 heterocycles. The molecular formula is C12H21N3O. The van der Waals surface area contributed by atoms with E-state index in [9.17, 15) is 0 Å². The smallest absolute Gasteiger partial charge is 0.0564 e. The largest absolute Gasteiger partial charge is 0.399 e. The second-order valence-corrected chi connectivity index (χ2v) is 3.93. The van der Waals surface area contributed by atoms with Gasteiger partial charge in [0.05, 0.1) is 12.3 Å². The van der Waals surface area contributed by atoms with Crippen molar-refractivity contribution in [2.75, 3.05) is 25.4 Å². The quantitative estimate of drug-likeness (QED) is 0.730. The van der Waals surface area contributed by atoms with E-state index in [1.54, 1.807) is 12.3 Å². The summed E-state index contributed by atoms with van der Waals surface area (Å²) < 4.78 is 0. The standard InChI is InChI=1S/C12H21N3O/c1-2-3-6-15(7-8-16)10-12-9-11(13)4-5-14-12/h4-5,9,16H,2-3,6-8,10H2,1H3,(H2,13,14). The van der Waals surface area contributed by atoms with E-state index in [-0.39, 0.29) is 6.61 Å². The molecule has 0 spiro atoms. The zero-order chi connectivity index (χ0) is 11.8. The molecule has 0 saturated heterocycles. The summed E-state index contributed by atoms with van der Waals surface area (Å²) in [6.07, 6.45) is 4.02. The summed E-state index contributed by atoms with van der Waals surface area (Å²) in [7, 11) is 0. The van der Waals surface area contributed by atoms with Gasteiger partial charge in [-0.2, -0.15) is 0 Å². The van der Waals surface area contributed by atoms with E-state index in [0.29, 0.717) is 6.54 Å². The maximum absolute atomic E-state index is 8.98. The SMILES string of the molecule is CCCCN(CCO)Cc1cc(N)ccn1. The van der Waals surface area contributed by atoms with Crippen LogP contribution in [0, 0.1) is 0 Å². The van der Waals surface area contributed by atoms with Crippen LogP contribution in [0.5, 0.6) is 0 Å². The lowest BCUT2D eigenvalue weighted by Gasteiger charge is -2.20. The topological polar surface area (TPSA) is 62.4 Å². The van der Waals surface area contributed by atoms with Crippen LogP contribution in [0.15, 0.2) is 18.3 Å². The second kappa shape index (κ2) is 7.19. The van der Waals surface area contributed by atoms with Gasteiger partial charge in [-0.05, 0) is 25.1 Å². The molecule has 0 aliphatic carbocycles. The molecule has 0 aromatic carbocycles. The molecule has 0 bridgehead atoms. The van der Waals surface area contributed by atoms with Gasteiger partial charge in [-0.1, -0.05) is 13.3 Å². The number of hydrogen-bond acceptors (Lipinski definition) is 4. The van der Waals surface area contributed by atoms with Gasteiger partial charge >= 0.3 is 0 Å². The lowest BCUT2D eigenvalue weighted by atomic mass is 10.2. The number of rotatable bonds is 7. The number of nitrogens with zero attached hydrogens (tertiary/aromatic N) is 2. The number of hydrogen-bond donors (Lipinski definition) is 2. The van der Waals surface area contributed by atoms with Crippen molar-refractivity contribution < 1.29 is 5.11 Å². The molecule has 1 aromatic heterocycles. The Bertz CT molecular complexity index is 304. The molecule has 90 valence electrons. The fourth-order valence-corrected chi connectivity index (χ4v) is 1.61. The lowest BCUT2D eigenvalue weighted by molar-refractivity contribution is 0.187. The van der Waals surface area contributed by atoms with E-state index in [0.717, 1.165) is 37.3 Å². The Morgan fingerprint density at radius 2 is 2.25 bits per heavy atom. The van der Waals surface area contributed by atoms with Crippen LogP contribution in [0.1, 0.15) is 25.5 Å².